The van der Waals surface area contributed by atoms with Crippen LogP contribution in [0.15, 0.2) is 66.7 Å². The quantitative estimate of drug-likeness (QED) is 0.305. The summed E-state index contributed by atoms with van der Waals surface area (Å²) >= 11 is 5.76. The Hall–Kier alpha value is -3.76. The predicted molar refractivity (Wildman–Crippen MR) is 159 cm³/mol. The van der Waals surface area contributed by atoms with Gasteiger partial charge in [0.2, 0.25) is 0 Å². The lowest BCUT2D eigenvalue weighted by molar-refractivity contribution is 0.0367. The van der Waals surface area contributed by atoms with Gasteiger partial charge >= 0.3 is 5.97 Å². The number of carboxylic acids is 1. The zero-order valence-corrected chi connectivity index (χ0v) is 24.1. The zero-order valence-electron chi connectivity index (χ0n) is 23.3. The number of aryl methyl sites for hydroxylation is 1. The fourth-order valence-corrected chi connectivity index (χ4v) is 4.28. The average molecular weight is 579 g/mol. The molecule has 1 N–H and O–H groups in total. The van der Waals surface area contributed by atoms with Crippen LogP contribution in [-0.4, -0.2) is 83.2 Å². The van der Waals surface area contributed by atoms with Crippen LogP contribution in [-0.2, 0) is 18.3 Å². The molecule has 2 saturated heterocycles. The van der Waals surface area contributed by atoms with E-state index in [9.17, 15) is 9.59 Å². The number of rotatable bonds is 6. The van der Waals surface area contributed by atoms with Crippen LogP contribution < -0.4 is 4.74 Å². The summed E-state index contributed by atoms with van der Waals surface area (Å²) in [6.07, 6.45) is 2.06. The largest absolute Gasteiger partial charge is 0.478 e. The van der Waals surface area contributed by atoms with Gasteiger partial charge in [0.1, 0.15) is 23.6 Å². The number of aromatic nitrogens is 2. The first kappa shape index (κ1) is 30.2. The summed E-state index contributed by atoms with van der Waals surface area (Å²) < 4.78 is 12.3. The highest BCUT2D eigenvalue weighted by Gasteiger charge is 2.17. The highest BCUT2D eigenvalue weighted by Crippen LogP contribution is 2.23. The molecule has 2 aliphatic rings. The van der Waals surface area contributed by atoms with E-state index in [1.807, 2.05) is 11.6 Å². The van der Waals surface area contributed by atoms with Crippen molar-refractivity contribution in [2.45, 2.75) is 13.0 Å². The fourth-order valence-electron chi connectivity index (χ4n) is 4.15. The molecule has 0 atom stereocenters. The predicted octanol–water partition coefficient (Wildman–Crippen LogP) is 5.37. The van der Waals surface area contributed by atoms with Gasteiger partial charge in [0.15, 0.2) is 0 Å². The number of carbonyl (C=O) groups excluding carboxylic acids is 1. The van der Waals surface area contributed by atoms with Crippen molar-refractivity contribution in [3.05, 3.63) is 88.7 Å². The van der Waals surface area contributed by atoms with Gasteiger partial charge in [-0.25, -0.2) is 9.78 Å². The number of imidazole rings is 1. The molecule has 41 heavy (non-hydrogen) atoms. The van der Waals surface area contributed by atoms with E-state index < -0.39 is 5.97 Å². The summed E-state index contributed by atoms with van der Waals surface area (Å²) in [4.78, 5) is 31.0. The number of nitrogens with zero attached hydrogens (tertiary/aromatic N) is 4. The molecule has 216 valence electrons. The molecule has 4 aromatic rings. The van der Waals surface area contributed by atoms with Crippen LogP contribution in [0, 0.1) is 0 Å². The Labute approximate surface area is 244 Å². The summed E-state index contributed by atoms with van der Waals surface area (Å²) in [6.45, 7) is 7.04. The van der Waals surface area contributed by atoms with Gasteiger partial charge in [-0.05, 0) is 68.1 Å². The van der Waals surface area contributed by atoms with Crippen molar-refractivity contribution in [1.82, 2.24) is 19.4 Å². The van der Waals surface area contributed by atoms with Crippen molar-refractivity contribution >= 4 is 34.9 Å². The molecular formula is C31H35ClN4O5. The Morgan fingerprint density at radius 2 is 1.68 bits per heavy atom. The topological polar surface area (TPSA) is 97.1 Å². The molecule has 0 spiro atoms. The van der Waals surface area contributed by atoms with Crippen LogP contribution in [0.25, 0.3) is 11.0 Å². The lowest BCUT2D eigenvalue weighted by Crippen LogP contribution is -2.44. The number of ether oxygens (including phenoxy) is 2. The first-order valence-electron chi connectivity index (χ1n) is 13.5. The molecule has 0 aliphatic carbocycles. The molecule has 1 aromatic heterocycles. The number of aldehydes is 1. The molecule has 0 amide bonds. The van der Waals surface area contributed by atoms with Crippen LogP contribution >= 0.6 is 11.6 Å². The number of hydrogen-bond acceptors (Lipinski definition) is 7. The van der Waals surface area contributed by atoms with E-state index >= 15 is 0 Å². The number of fused-ring (bicyclic) bond motifs is 1. The van der Waals surface area contributed by atoms with Gasteiger partial charge in [-0.2, -0.15) is 0 Å². The van der Waals surface area contributed by atoms with Crippen molar-refractivity contribution in [2.75, 3.05) is 46.4 Å². The molecular weight excluding hydrogens is 544 g/mol. The Kier molecular flexibility index (Phi) is 10.9. The molecule has 10 heteroatoms. The van der Waals surface area contributed by atoms with Crippen molar-refractivity contribution < 1.29 is 24.2 Å². The van der Waals surface area contributed by atoms with Gasteiger partial charge in [-0.1, -0.05) is 23.7 Å². The van der Waals surface area contributed by atoms with Crippen LogP contribution in [0.2, 0.25) is 5.02 Å². The second-order valence-electron chi connectivity index (χ2n) is 9.89. The lowest BCUT2D eigenvalue weighted by Gasteiger charge is -2.31. The summed E-state index contributed by atoms with van der Waals surface area (Å²) in [5, 5.41) is 9.75. The van der Waals surface area contributed by atoms with E-state index in [1.165, 1.54) is 6.42 Å². The van der Waals surface area contributed by atoms with Gasteiger partial charge < -0.3 is 24.0 Å². The van der Waals surface area contributed by atoms with Gasteiger partial charge in [0.05, 0.1) is 23.1 Å². The molecule has 0 radical (unpaired) electrons. The monoisotopic (exact) mass is 578 g/mol. The number of carboxylic acid groups (broad SMARTS) is 1. The Morgan fingerprint density at radius 3 is 2.29 bits per heavy atom. The molecule has 3 heterocycles. The van der Waals surface area contributed by atoms with Crippen LogP contribution in [0.1, 0.15) is 33.0 Å². The maximum atomic E-state index is 11.1. The summed E-state index contributed by atoms with van der Waals surface area (Å²) in [7, 11) is 4.09. The van der Waals surface area contributed by atoms with E-state index in [2.05, 4.69) is 21.8 Å². The van der Waals surface area contributed by atoms with Gasteiger partial charge in [0, 0.05) is 57.0 Å². The second-order valence-corrected chi connectivity index (χ2v) is 10.3. The van der Waals surface area contributed by atoms with Crippen molar-refractivity contribution in [1.29, 1.82) is 0 Å². The molecule has 3 aromatic carbocycles. The smallest absolute Gasteiger partial charge is 0.335 e. The third-order valence-electron chi connectivity index (χ3n) is 6.80. The summed E-state index contributed by atoms with van der Waals surface area (Å²) in [6, 6.07) is 19.1. The number of halogens is 1. The number of hydrogen-bond donors (Lipinski definition) is 1. The Bertz CT molecular complexity index is 1440. The van der Waals surface area contributed by atoms with Gasteiger partial charge in [-0.3, -0.25) is 9.69 Å². The van der Waals surface area contributed by atoms with Crippen molar-refractivity contribution in [3.8, 4) is 11.5 Å². The standard InChI is InChI=1S/C15H20N4O2.C13H9ClO2.C3H6O/c1-17-5-7-19(8-6-17)10-14-16-12-4-3-11(15(20)21)9-13(12)18(14)2;14-11-4-6-12(7-5-11)16-13-3-1-2-10(8-13)9-15;1-2-4-3-1/h3-4,9H,5-8,10H2,1-2H3,(H,20,21);1-9H;1-3H2. The summed E-state index contributed by atoms with van der Waals surface area (Å²) in [5.41, 5.74) is 2.62. The molecule has 0 bridgehead atoms. The number of benzene rings is 3. The average Bonchev–Trinajstić information content (AvgIpc) is 3.25. The lowest BCUT2D eigenvalue weighted by atomic mass is 10.2. The molecule has 6 rings (SSSR count). The Balaban J connectivity index is 0.000000171. The van der Waals surface area contributed by atoms with E-state index in [1.54, 1.807) is 66.7 Å². The van der Waals surface area contributed by atoms with E-state index in [0.717, 1.165) is 69.1 Å². The zero-order chi connectivity index (χ0) is 29.2. The van der Waals surface area contributed by atoms with E-state index in [0.29, 0.717) is 27.6 Å². The van der Waals surface area contributed by atoms with Crippen molar-refractivity contribution in [3.63, 3.8) is 0 Å². The minimum atomic E-state index is -0.904. The molecule has 2 fully saturated rings. The highest BCUT2D eigenvalue weighted by atomic mass is 35.5. The maximum Gasteiger partial charge on any atom is 0.335 e. The molecule has 2 aliphatic heterocycles. The van der Waals surface area contributed by atoms with Gasteiger partial charge in [0.25, 0.3) is 0 Å². The minimum Gasteiger partial charge on any atom is -0.478 e. The van der Waals surface area contributed by atoms with Crippen LogP contribution in [0.4, 0.5) is 0 Å². The van der Waals surface area contributed by atoms with Crippen molar-refractivity contribution in [2.24, 2.45) is 7.05 Å². The number of piperazine rings is 1. The minimum absolute atomic E-state index is 0.302. The maximum absolute atomic E-state index is 11.1. The first-order chi connectivity index (χ1) is 19.8. The Morgan fingerprint density at radius 1 is 1.00 bits per heavy atom. The van der Waals surface area contributed by atoms with Crippen LogP contribution in [0.5, 0.6) is 11.5 Å². The first-order valence-corrected chi connectivity index (χ1v) is 13.9. The third-order valence-corrected chi connectivity index (χ3v) is 7.05. The second kappa shape index (κ2) is 14.7. The highest BCUT2D eigenvalue weighted by molar-refractivity contribution is 6.30. The van der Waals surface area contributed by atoms with E-state index in [4.69, 9.17) is 26.2 Å². The molecule has 0 unspecified atom stereocenters. The number of carbonyl (C=O) groups is 2. The third kappa shape index (κ3) is 8.86. The normalized spacial score (nSPS) is 15.1. The molecule has 0 saturated carbocycles. The van der Waals surface area contributed by atoms with E-state index in [-0.39, 0.29) is 0 Å². The van der Waals surface area contributed by atoms with Gasteiger partial charge in [-0.15, -0.1) is 0 Å². The summed E-state index contributed by atoms with van der Waals surface area (Å²) in [5.74, 6) is 1.40. The number of likely N-dealkylation sites (N-methyl/N-ethyl adjacent to an activating group) is 1. The number of aromatic carboxylic acids is 1. The van der Waals surface area contributed by atoms with Crippen LogP contribution in [0.3, 0.4) is 0 Å². The fraction of sp³-hybridized carbons (Fsp3) is 0.323. The molecule has 9 nitrogen and oxygen atoms in total. The SMILES string of the molecule is C1COC1.CN1CCN(Cc2nc3ccc(C(=O)O)cc3n2C)CC1.O=Cc1cccc(Oc2ccc(Cl)cc2)c1.